The van der Waals surface area contributed by atoms with Gasteiger partial charge < -0.3 is 4.74 Å². The molecule has 0 spiro atoms. The Morgan fingerprint density at radius 3 is 2.20 bits per heavy atom. The zero-order valence-electron chi connectivity index (χ0n) is 6.68. The van der Waals surface area contributed by atoms with E-state index in [0.717, 1.165) is 5.92 Å². The third-order valence-electron chi connectivity index (χ3n) is 2.77. The van der Waals surface area contributed by atoms with Gasteiger partial charge in [0, 0.05) is 0 Å². The van der Waals surface area contributed by atoms with Gasteiger partial charge >= 0.3 is 0 Å². The SMILES string of the molecule is CC1CC(OC2CCC2)C1. The molecule has 0 heterocycles. The first-order valence-corrected chi connectivity index (χ1v) is 4.50. The van der Waals surface area contributed by atoms with Gasteiger partial charge in [-0.15, -0.1) is 0 Å². The van der Waals surface area contributed by atoms with Crippen LogP contribution < -0.4 is 0 Å². The lowest BCUT2D eigenvalue weighted by molar-refractivity contribution is -0.0992. The summed E-state index contributed by atoms with van der Waals surface area (Å²) in [5.41, 5.74) is 0. The molecule has 0 radical (unpaired) electrons. The first-order chi connectivity index (χ1) is 4.84. The van der Waals surface area contributed by atoms with Gasteiger partial charge in [0.2, 0.25) is 0 Å². The molecule has 10 heavy (non-hydrogen) atoms. The van der Waals surface area contributed by atoms with Gasteiger partial charge in [-0.1, -0.05) is 6.92 Å². The molecule has 0 aromatic carbocycles. The van der Waals surface area contributed by atoms with E-state index in [4.69, 9.17) is 4.74 Å². The topological polar surface area (TPSA) is 9.23 Å². The van der Waals surface area contributed by atoms with E-state index < -0.39 is 0 Å². The predicted molar refractivity (Wildman–Crippen MR) is 40.9 cm³/mol. The van der Waals surface area contributed by atoms with Crippen molar-refractivity contribution in [3.05, 3.63) is 0 Å². The predicted octanol–water partition coefficient (Wildman–Crippen LogP) is 2.35. The van der Waals surface area contributed by atoms with Crippen LogP contribution in [0.2, 0.25) is 0 Å². The number of ether oxygens (including phenoxy) is 1. The summed E-state index contributed by atoms with van der Waals surface area (Å²) < 4.78 is 5.79. The molecule has 2 saturated carbocycles. The van der Waals surface area contributed by atoms with Crippen LogP contribution in [0.25, 0.3) is 0 Å². The van der Waals surface area contributed by atoms with Crippen molar-refractivity contribution >= 4 is 0 Å². The monoisotopic (exact) mass is 140 g/mol. The van der Waals surface area contributed by atoms with Crippen LogP contribution in [-0.2, 0) is 4.74 Å². The second-order valence-electron chi connectivity index (χ2n) is 3.89. The third kappa shape index (κ3) is 1.20. The second-order valence-corrected chi connectivity index (χ2v) is 3.89. The van der Waals surface area contributed by atoms with Crippen molar-refractivity contribution in [3.63, 3.8) is 0 Å². The highest BCUT2D eigenvalue weighted by atomic mass is 16.5. The molecule has 0 unspecified atom stereocenters. The minimum Gasteiger partial charge on any atom is -0.375 e. The van der Waals surface area contributed by atoms with Crippen LogP contribution in [0, 0.1) is 5.92 Å². The normalized spacial score (nSPS) is 40.5. The van der Waals surface area contributed by atoms with E-state index in [0.29, 0.717) is 12.2 Å². The van der Waals surface area contributed by atoms with E-state index in [-0.39, 0.29) is 0 Å². The zero-order chi connectivity index (χ0) is 6.97. The summed E-state index contributed by atoms with van der Waals surface area (Å²) in [4.78, 5) is 0. The van der Waals surface area contributed by atoms with Gasteiger partial charge in [0.25, 0.3) is 0 Å². The summed E-state index contributed by atoms with van der Waals surface area (Å²) in [6, 6.07) is 0. The quantitative estimate of drug-likeness (QED) is 0.572. The fourth-order valence-corrected chi connectivity index (χ4v) is 1.72. The average Bonchev–Trinajstić information content (AvgIpc) is 1.72. The van der Waals surface area contributed by atoms with Crippen LogP contribution in [0.15, 0.2) is 0 Å². The molecule has 0 aliphatic heterocycles. The van der Waals surface area contributed by atoms with Crippen molar-refractivity contribution in [1.82, 2.24) is 0 Å². The Balaban J connectivity index is 1.62. The van der Waals surface area contributed by atoms with E-state index in [9.17, 15) is 0 Å². The Hall–Kier alpha value is -0.0400. The van der Waals surface area contributed by atoms with Crippen molar-refractivity contribution in [2.45, 2.75) is 51.2 Å². The molecule has 1 heteroatoms. The summed E-state index contributed by atoms with van der Waals surface area (Å²) in [5, 5.41) is 0. The molecule has 58 valence electrons. The van der Waals surface area contributed by atoms with Crippen LogP contribution in [0.1, 0.15) is 39.0 Å². The number of rotatable bonds is 2. The standard InChI is InChI=1S/C9H16O/c1-7-5-9(6-7)10-8-3-2-4-8/h7-9H,2-6H2,1H3. The van der Waals surface area contributed by atoms with Crippen molar-refractivity contribution in [2.75, 3.05) is 0 Å². The fourth-order valence-electron chi connectivity index (χ4n) is 1.72. The van der Waals surface area contributed by atoms with Crippen molar-refractivity contribution in [2.24, 2.45) is 5.92 Å². The summed E-state index contributed by atoms with van der Waals surface area (Å²) in [6.07, 6.45) is 7.97. The lowest BCUT2D eigenvalue weighted by Crippen LogP contribution is -2.35. The summed E-state index contributed by atoms with van der Waals surface area (Å²) in [7, 11) is 0. The summed E-state index contributed by atoms with van der Waals surface area (Å²) >= 11 is 0. The smallest absolute Gasteiger partial charge is 0.0584 e. The zero-order valence-corrected chi connectivity index (χ0v) is 6.68. The maximum atomic E-state index is 5.79. The van der Waals surface area contributed by atoms with Gasteiger partial charge in [0.1, 0.15) is 0 Å². The Kier molecular flexibility index (Phi) is 1.69. The molecule has 0 bridgehead atoms. The largest absolute Gasteiger partial charge is 0.375 e. The molecule has 2 aliphatic carbocycles. The van der Waals surface area contributed by atoms with Crippen molar-refractivity contribution in [3.8, 4) is 0 Å². The Morgan fingerprint density at radius 2 is 1.80 bits per heavy atom. The highest BCUT2D eigenvalue weighted by Gasteiger charge is 2.30. The highest BCUT2D eigenvalue weighted by Crippen LogP contribution is 2.33. The maximum absolute atomic E-state index is 5.79. The van der Waals surface area contributed by atoms with E-state index in [1.165, 1.54) is 32.1 Å². The van der Waals surface area contributed by atoms with Gasteiger partial charge in [-0.05, 0) is 38.0 Å². The van der Waals surface area contributed by atoms with Crippen LogP contribution in [0.3, 0.4) is 0 Å². The number of hydrogen-bond donors (Lipinski definition) is 0. The second kappa shape index (κ2) is 2.54. The lowest BCUT2D eigenvalue weighted by Gasteiger charge is -2.38. The van der Waals surface area contributed by atoms with E-state index >= 15 is 0 Å². The first-order valence-electron chi connectivity index (χ1n) is 4.50. The molecule has 0 aromatic rings. The van der Waals surface area contributed by atoms with Crippen LogP contribution in [0.5, 0.6) is 0 Å². The molecule has 0 saturated heterocycles. The van der Waals surface area contributed by atoms with Crippen molar-refractivity contribution in [1.29, 1.82) is 0 Å². The highest BCUT2D eigenvalue weighted by molar-refractivity contribution is 4.80. The van der Waals surface area contributed by atoms with Crippen LogP contribution in [0.4, 0.5) is 0 Å². The Morgan fingerprint density at radius 1 is 1.10 bits per heavy atom. The molecule has 0 amide bonds. The van der Waals surface area contributed by atoms with Gasteiger partial charge in [0.05, 0.1) is 12.2 Å². The summed E-state index contributed by atoms with van der Waals surface area (Å²) in [6.45, 7) is 2.31. The van der Waals surface area contributed by atoms with E-state index in [1.54, 1.807) is 0 Å². The lowest BCUT2D eigenvalue weighted by atomic mass is 9.83. The minimum absolute atomic E-state index is 0.639. The van der Waals surface area contributed by atoms with Crippen molar-refractivity contribution < 1.29 is 4.74 Å². The Labute approximate surface area is 62.8 Å². The maximum Gasteiger partial charge on any atom is 0.0584 e. The van der Waals surface area contributed by atoms with Crippen LogP contribution >= 0.6 is 0 Å². The molecular formula is C9H16O. The molecule has 2 aliphatic rings. The van der Waals surface area contributed by atoms with E-state index in [2.05, 4.69) is 6.92 Å². The van der Waals surface area contributed by atoms with Crippen LogP contribution in [-0.4, -0.2) is 12.2 Å². The first kappa shape index (κ1) is 6.66. The van der Waals surface area contributed by atoms with Gasteiger partial charge in [-0.2, -0.15) is 0 Å². The molecule has 2 fully saturated rings. The summed E-state index contributed by atoms with van der Waals surface area (Å²) in [5.74, 6) is 0.935. The molecular weight excluding hydrogens is 124 g/mol. The average molecular weight is 140 g/mol. The molecule has 0 atom stereocenters. The molecule has 0 aromatic heterocycles. The molecule has 2 rings (SSSR count). The fraction of sp³-hybridized carbons (Fsp3) is 1.00. The minimum atomic E-state index is 0.639. The van der Waals surface area contributed by atoms with E-state index in [1.807, 2.05) is 0 Å². The third-order valence-corrected chi connectivity index (χ3v) is 2.77. The number of hydrogen-bond acceptors (Lipinski definition) is 1. The Bertz CT molecular complexity index is 112. The van der Waals surface area contributed by atoms with Gasteiger partial charge in [0.15, 0.2) is 0 Å². The van der Waals surface area contributed by atoms with Gasteiger partial charge in [-0.3, -0.25) is 0 Å². The molecule has 0 N–H and O–H groups in total. The molecule has 1 nitrogen and oxygen atoms in total. The van der Waals surface area contributed by atoms with Gasteiger partial charge in [-0.25, -0.2) is 0 Å².